The number of morpholine rings is 1. The van der Waals surface area contributed by atoms with Crippen LogP contribution in [0.5, 0.6) is 0 Å². The summed E-state index contributed by atoms with van der Waals surface area (Å²) < 4.78 is 31.9. The van der Waals surface area contributed by atoms with Crippen molar-refractivity contribution in [2.45, 2.75) is 50.0 Å². The van der Waals surface area contributed by atoms with Gasteiger partial charge >= 0.3 is 0 Å². The number of hydrogen-bond acceptors (Lipinski definition) is 4. The van der Waals surface area contributed by atoms with Crippen LogP contribution in [-0.4, -0.2) is 62.4 Å². The monoisotopic (exact) mass is 380 g/mol. The Hall–Kier alpha value is -1.44. The predicted octanol–water partition coefficient (Wildman–Crippen LogP) is 2.04. The van der Waals surface area contributed by atoms with E-state index in [0.29, 0.717) is 50.1 Å². The van der Waals surface area contributed by atoms with E-state index in [2.05, 4.69) is 6.92 Å². The molecule has 1 aromatic carbocycles. The number of amides is 1. The quantitative estimate of drug-likeness (QED) is 0.784. The van der Waals surface area contributed by atoms with Gasteiger partial charge in [0.2, 0.25) is 15.9 Å². The van der Waals surface area contributed by atoms with Gasteiger partial charge in [0.15, 0.2) is 0 Å². The lowest BCUT2D eigenvalue weighted by atomic mass is 10.0. The topological polar surface area (TPSA) is 66.9 Å². The Balaban J connectivity index is 1.58. The summed E-state index contributed by atoms with van der Waals surface area (Å²) in [5.74, 6) is 0.196. The highest BCUT2D eigenvalue weighted by atomic mass is 32.2. The first kappa shape index (κ1) is 19.3. The molecule has 0 radical (unpaired) electrons. The number of hydrogen-bond donors (Lipinski definition) is 0. The summed E-state index contributed by atoms with van der Waals surface area (Å²) in [6.45, 7) is 4.64. The highest BCUT2D eigenvalue weighted by Gasteiger charge is 2.26. The minimum absolute atomic E-state index is 0.196. The molecule has 1 atom stereocenters. The highest BCUT2D eigenvalue weighted by Crippen LogP contribution is 2.20. The zero-order chi connectivity index (χ0) is 18.6. The Morgan fingerprint density at radius 1 is 1.12 bits per heavy atom. The lowest BCUT2D eigenvalue weighted by Gasteiger charge is -2.33. The molecule has 0 bridgehead atoms. The lowest BCUT2D eigenvalue weighted by molar-refractivity contribution is -0.134. The van der Waals surface area contributed by atoms with Crippen LogP contribution in [0.15, 0.2) is 29.2 Å². The molecule has 2 fully saturated rings. The maximum atomic E-state index is 12.6. The number of carbonyl (C=O) groups is 1. The molecule has 144 valence electrons. The van der Waals surface area contributed by atoms with E-state index in [4.69, 9.17) is 4.74 Å². The third kappa shape index (κ3) is 4.45. The second kappa shape index (κ2) is 8.50. The Labute approximate surface area is 156 Å². The molecule has 0 N–H and O–H groups in total. The fourth-order valence-electron chi connectivity index (χ4n) is 3.63. The smallest absolute Gasteiger partial charge is 0.243 e. The van der Waals surface area contributed by atoms with Crippen LogP contribution in [0, 0.1) is 0 Å². The molecular formula is C19H28N2O4S. The fourth-order valence-corrected chi connectivity index (χ4v) is 5.04. The lowest BCUT2D eigenvalue weighted by Crippen LogP contribution is -2.42. The summed E-state index contributed by atoms with van der Waals surface area (Å²) in [6.07, 6.45) is 4.48. The zero-order valence-electron chi connectivity index (χ0n) is 15.4. The van der Waals surface area contributed by atoms with E-state index in [1.54, 1.807) is 12.1 Å². The Kier molecular flexibility index (Phi) is 6.32. The minimum Gasteiger partial charge on any atom is -0.379 e. The molecule has 26 heavy (non-hydrogen) atoms. The van der Waals surface area contributed by atoms with Gasteiger partial charge in [-0.3, -0.25) is 4.79 Å². The molecule has 0 aromatic heterocycles. The van der Waals surface area contributed by atoms with Gasteiger partial charge in [-0.25, -0.2) is 8.42 Å². The first-order valence-electron chi connectivity index (χ1n) is 9.45. The molecule has 1 unspecified atom stereocenters. The van der Waals surface area contributed by atoms with Gasteiger partial charge in [-0.2, -0.15) is 4.31 Å². The first-order chi connectivity index (χ1) is 12.5. The van der Waals surface area contributed by atoms with Crippen LogP contribution in [-0.2, 0) is 26.0 Å². The van der Waals surface area contributed by atoms with E-state index < -0.39 is 10.0 Å². The van der Waals surface area contributed by atoms with Gasteiger partial charge in [0, 0.05) is 32.1 Å². The Morgan fingerprint density at radius 3 is 2.46 bits per heavy atom. The molecule has 2 heterocycles. The average molecular weight is 381 g/mol. The van der Waals surface area contributed by atoms with Crippen LogP contribution in [0.3, 0.4) is 0 Å². The maximum Gasteiger partial charge on any atom is 0.243 e. The van der Waals surface area contributed by atoms with E-state index in [1.165, 1.54) is 10.7 Å². The van der Waals surface area contributed by atoms with Crippen molar-refractivity contribution in [3.05, 3.63) is 29.8 Å². The largest absolute Gasteiger partial charge is 0.379 e. The number of piperidine rings is 1. The van der Waals surface area contributed by atoms with Gasteiger partial charge in [0.05, 0.1) is 18.1 Å². The molecule has 1 amide bonds. The van der Waals surface area contributed by atoms with Crippen LogP contribution >= 0.6 is 0 Å². The summed E-state index contributed by atoms with van der Waals surface area (Å²) in [5, 5.41) is 0. The average Bonchev–Trinajstić information content (AvgIpc) is 2.67. The van der Waals surface area contributed by atoms with Crippen molar-refractivity contribution < 1.29 is 17.9 Å². The molecule has 6 nitrogen and oxygen atoms in total. The van der Waals surface area contributed by atoms with Crippen molar-refractivity contribution in [3.8, 4) is 0 Å². The number of benzene rings is 1. The summed E-state index contributed by atoms with van der Waals surface area (Å²) in [4.78, 5) is 14.7. The number of rotatable bonds is 5. The fraction of sp³-hybridized carbons (Fsp3) is 0.632. The molecule has 0 saturated carbocycles. The molecule has 0 aliphatic carbocycles. The molecule has 2 saturated heterocycles. The highest BCUT2D eigenvalue weighted by molar-refractivity contribution is 7.89. The van der Waals surface area contributed by atoms with Gasteiger partial charge in [-0.05, 0) is 50.3 Å². The van der Waals surface area contributed by atoms with Crippen molar-refractivity contribution in [2.75, 3.05) is 32.8 Å². The summed E-state index contributed by atoms with van der Waals surface area (Å²) >= 11 is 0. The third-order valence-corrected chi connectivity index (χ3v) is 7.19. The van der Waals surface area contributed by atoms with Crippen molar-refractivity contribution in [2.24, 2.45) is 0 Å². The van der Waals surface area contributed by atoms with Gasteiger partial charge in [-0.1, -0.05) is 12.1 Å². The van der Waals surface area contributed by atoms with Gasteiger partial charge in [0.1, 0.15) is 0 Å². The summed E-state index contributed by atoms with van der Waals surface area (Å²) in [6, 6.07) is 7.26. The second-order valence-corrected chi connectivity index (χ2v) is 9.03. The number of aryl methyl sites for hydroxylation is 1. The van der Waals surface area contributed by atoms with Crippen LogP contribution < -0.4 is 0 Å². The van der Waals surface area contributed by atoms with E-state index in [0.717, 1.165) is 24.9 Å². The summed E-state index contributed by atoms with van der Waals surface area (Å²) in [7, 11) is -3.46. The van der Waals surface area contributed by atoms with Crippen LogP contribution in [0.4, 0.5) is 0 Å². The number of likely N-dealkylation sites (tertiary alicyclic amines) is 1. The molecule has 2 aliphatic rings. The molecule has 2 aliphatic heterocycles. The zero-order valence-corrected chi connectivity index (χ0v) is 16.2. The Morgan fingerprint density at radius 2 is 1.81 bits per heavy atom. The van der Waals surface area contributed by atoms with E-state index in [1.807, 2.05) is 17.0 Å². The van der Waals surface area contributed by atoms with Crippen molar-refractivity contribution in [3.63, 3.8) is 0 Å². The van der Waals surface area contributed by atoms with Crippen molar-refractivity contribution >= 4 is 15.9 Å². The molecule has 1 aromatic rings. The van der Waals surface area contributed by atoms with Gasteiger partial charge in [0.25, 0.3) is 0 Å². The van der Waals surface area contributed by atoms with E-state index >= 15 is 0 Å². The standard InChI is InChI=1S/C19H28N2O4S/c1-16-4-2-3-11-21(16)19(22)10-7-17-5-8-18(9-6-17)26(23,24)20-12-14-25-15-13-20/h5-6,8-9,16H,2-4,7,10-15H2,1H3. The number of ether oxygens (including phenoxy) is 1. The van der Waals surface area contributed by atoms with Crippen molar-refractivity contribution in [1.82, 2.24) is 9.21 Å². The molecule has 0 spiro atoms. The normalized spacial score (nSPS) is 22.3. The molecular weight excluding hydrogens is 352 g/mol. The van der Waals surface area contributed by atoms with Crippen molar-refractivity contribution in [1.29, 1.82) is 0 Å². The first-order valence-corrected chi connectivity index (χ1v) is 10.9. The SMILES string of the molecule is CC1CCCCN1C(=O)CCc1ccc(S(=O)(=O)N2CCOCC2)cc1. The van der Waals surface area contributed by atoms with Crippen LogP contribution in [0.1, 0.15) is 38.2 Å². The predicted molar refractivity (Wildman–Crippen MR) is 99.4 cm³/mol. The number of carbonyl (C=O) groups excluding carboxylic acids is 1. The van der Waals surface area contributed by atoms with E-state index in [-0.39, 0.29) is 5.91 Å². The third-order valence-electron chi connectivity index (χ3n) is 5.28. The Bertz CT molecular complexity index is 712. The van der Waals surface area contributed by atoms with Crippen LogP contribution in [0.25, 0.3) is 0 Å². The molecule has 3 rings (SSSR count). The maximum absolute atomic E-state index is 12.6. The van der Waals surface area contributed by atoms with Crippen LogP contribution in [0.2, 0.25) is 0 Å². The van der Waals surface area contributed by atoms with Gasteiger partial charge in [-0.15, -0.1) is 0 Å². The van der Waals surface area contributed by atoms with E-state index in [9.17, 15) is 13.2 Å². The summed E-state index contributed by atoms with van der Waals surface area (Å²) in [5.41, 5.74) is 0.990. The molecule has 7 heteroatoms. The second-order valence-electron chi connectivity index (χ2n) is 7.09. The van der Waals surface area contributed by atoms with Gasteiger partial charge < -0.3 is 9.64 Å². The number of nitrogens with zero attached hydrogens (tertiary/aromatic N) is 2. The minimum atomic E-state index is -3.46. The number of sulfonamides is 1.